The Morgan fingerprint density at radius 1 is 1.10 bits per heavy atom. The topological polar surface area (TPSA) is 128 Å². The summed E-state index contributed by atoms with van der Waals surface area (Å²) >= 11 is 0. The van der Waals surface area contributed by atoms with Gasteiger partial charge in [-0.15, -0.1) is 5.10 Å². The Kier molecular flexibility index (Phi) is 5.36. The highest BCUT2D eigenvalue weighted by Gasteiger charge is 2.17. The van der Waals surface area contributed by atoms with Gasteiger partial charge in [-0.3, -0.25) is 14.8 Å². The average Bonchev–Trinajstić information content (AvgIpc) is 3.12. The number of carbonyl (C=O) groups excluding carboxylic acids is 1. The van der Waals surface area contributed by atoms with Crippen molar-refractivity contribution in [2.75, 3.05) is 25.4 Å². The number of amides is 1. The van der Waals surface area contributed by atoms with E-state index in [4.69, 9.17) is 11.5 Å². The van der Waals surface area contributed by atoms with Gasteiger partial charge >= 0.3 is 0 Å². The fraction of sp³-hybridized carbons (Fsp3) is 0.190. The molecule has 0 radical (unpaired) electrons. The van der Waals surface area contributed by atoms with Crippen molar-refractivity contribution in [1.29, 1.82) is 0 Å². The van der Waals surface area contributed by atoms with Crippen LogP contribution in [0.4, 0.5) is 5.82 Å². The SMILES string of the molecule is CCN(CCN)C(=O)c1ccc(-c2cnc3c(-c4ccccn4)c(N)nn3c2)nc1. The van der Waals surface area contributed by atoms with Crippen LogP contribution in [0.3, 0.4) is 0 Å². The largest absolute Gasteiger partial charge is 0.382 e. The van der Waals surface area contributed by atoms with Crippen LogP contribution in [0.15, 0.2) is 55.1 Å². The zero-order chi connectivity index (χ0) is 21.1. The lowest BCUT2D eigenvalue weighted by Gasteiger charge is -2.19. The van der Waals surface area contributed by atoms with Gasteiger partial charge in [0, 0.05) is 50.0 Å². The van der Waals surface area contributed by atoms with Gasteiger partial charge in [0.25, 0.3) is 5.91 Å². The predicted molar refractivity (Wildman–Crippen MR) is 114 cm³/mol. The number of anilines is 1. The molecule has 0 bridgehead atoms. The summed E-state index contributed by atoms with van der Waals surface area (Å²) in [5.74, 6) is 0.266. The van der Waals surface area contributed by atoms with Crippen molar-refractivity contribution >= 4 is 17.4 Å². The molecule has 0 spiro atoms. The minimum absolute atomic E-state index is 0.0876. The number of nitrogen functional groups attached to an aromatic ring is 1. The van der Waals surface area contributed by atoms with E-state index in [9.17, 15) is 4.79 Å². The highest BCUT2D eigenvalue weighted by molar-refractivity contribution is 5.94. The molecule has 30 heavy (non-hydrogen) atoms. The second kappa shape index (κ2) is 8.26. The van der Waals surface area contributed by atoms with Crippen LogP contribution in [0, 0.1) is 0 Å². The van der Waals surface area contributed by atoms with E-state index in [1.54, 1.807) is 40.1 Å². The number of carbonyl (C=O) groups is 1. The molecular formula is C21H22N8O. The molecule has 4 aromatic rings. The molecule has 0 atom stereocenters. The molecule has 4 rings (SSSR count). The number of aromatic nitrogens is 5. The molecular weight excluding hydrogens is 380 g/mol. The summed E-state index contributed by atoms with van der Waals surface area (Å²) in [5, 5.41) is 4.37. The molecule has 9 nitrogen and oxygen atoms in total. The van der Waals surface area contributed by atoms with E-state index in [1.165, 1.54) is 0 Å². The van der Waals surface area contributed by atoms with E-state index in [0.717, 1.165) is 5.56 Å². The third kappa shape index (κ3) is 3.58. The molecule has 1 amide bonds. The summed E-state index contributed by atoms with van der Waals surface area (Å²) in [5.41, 5.74) is 15.7. The lowest BCUT2D eigenvalue weighted by atomic mass is 10.1. The van der Waals surface area contributed by atoms with Gasteiger partial charge < -0.3 is 16.4 Å². The van der Waals surface area contributed by atoms with Crippen molar-refractivity contribution in [2.24, 2.45) is 5.73 Å². The lowest BCUT2D eigenvalue weighted by molar-refractivity contribution is 0.0768. The first-order chi connectivity index (χ1) is 14.6. The highest BCUT2D eigenvalue weighted by atomic mass is 16.2. The number of hydrogen-bond acceptors (Lipinski definition) is 7. The number of pyridine rings is 2. The van der Waals surface area contributed by atoms with Crippen LogP contribution >= 0.6 is 0 Å². The van der Waals surface area contributed by atoms with Gasteiger partial charge in [-0.2, -0.15) is 0 Å². The molecule has 9 heteroatoms. The van der Waals surface area contributed by atoms with Crippen LogP contribution in [-0.4, -0.2) is 55.0 Å². The molecule has 0 aliphatic heterocycles. The molecule has 0 aliphatic carbocycles. The smallest absolute Gasteiger partial charge is 0.255 e. The second-order valence-electron chi connectivity index (χ2n) is 6.69. The highest BCUT2D eigenvalue weighted by Crippen LogP contribution is 2.28. The fourth-order valence-electron chi connectivity index (χ4n) is 3.27. The van der Waals surface area contributed by atoms with E-state index in [-0.39, 0.29) is 5.91 Å². The van der Waals surface area contributed by atoms with Crippen molar-refractivity contribution in [3.63, 3.8) is 0 Å². The monoisotopic (exact) mass is 402 g/mol. The predicted octanol–water partition coefficient (Wildman–Crippen LogP) is 1.86. The Labute approximate surface area is 173 Å². The Bertz CT molecular complexity index is 1170. The van der Waals surface area contributed by atoms with Gasteiger partial charge in [-0.25, -0.2) is 9.50 Å². The third-order valence-electron chi connectivity index (χ3n) is 4.79. The van der Waals surface area contributed by atoms with Gasteiger partial charge in [0.15, 0.2) is 11.5 Å². The minimum Gasteiger partial charge on any atom is -0.382 e. The quantitative estimate of drug-likeness (QED) is 0.504. The van der Waals surface area contributed by atoms with Crippen LogP contribution in [0.1, 0.15) is 17.3 Å². The standard InChI is InChI=1S/C21H22N8O/c1-2-28(10-8-22)21(30)14-6-7-16(25-11-14)15-12-26-20-18(17-5-3-4-9-24-17)19(23)27-29(20)13-15/h3-7,9,11-13H,2,8,10,22H2,1H3,(H2,23,27). The molecule has 0 aromatic carbocycles. The number of fused-ring (bicyclic) bond motifs is 1. The van der Waals surface area contributed by atoms with Crippen molar-refractivity contribution in [1.82, 2.24) is 29.5 Å². The Hall–Kier alpha value is -3.85. The number of nitrogens with two attached hydrogens (primary N) is 2. The van der Waals surface area contributed by atoms with Gasteiger partial charge in [-0.05, 0) is 31.2 Å². The summed E-state index contributed by atoms with van der Waals surface area (Å²) < 4.78 is 1.62. The van der Waals surface area contributed by atoms with E-state index in [2.05, 4.69) is 20.1 Å². The van der Waals surface area contributed by atoms with Gasteiger partial charge in [0.05, 0.1) is 22.5 Å². The van der Waals surface area contributed by atoms with Gasteiger partial charge in [0.2, 0.25) is 0 Å². The fourth-order valence-corrected chi connectivity index (χ4v) is 3.27. The number of likely N-dealkylation sites (N-methyl/N-ethyl adjacent to an activating group) is 1. The molecule has 0 aliphatic rings. The summed E-state index contributed by atoms with van der Waals surface area (Å²) in [6.07, 6.45) is 6.78. The Balaban J connectivity index is 1.65. The Morgan fingerprint density at radius 3 is 2.63 bits per heavy atom. The molecule has 0 saturated heterocycles. The van der Waals surface area contributed by atoms with Crippen molar-refractivity contribution in [3.05, 3.63) is 60.7 Å². The van der Waals surface area contributed by atoms with E-state index in [1.807, 2.05) is 31.3 Å². The van der Waals surface area contributed by atoms with E-state index < -0.39 is 0 Å². The first-order valence-corrected chi connectivity index (χ1v) is 9.63. The molecule has 0 unspecified atom stereocenters. The zero-order valence-electron chi connectivity index (χ0n) is 16.6. The van der Waals surface area contributed by atoms with Crippen molar-refractivity contribution < 1.29 is 4.79 Å². The molecule has 4 heterocycles. The van der Waals surface area contributed by atoms with Crippen LogP contribution in [0.5, 0.6) is 0 Å². The van der Waals surface area contributed by atoms with E-state index >= 15 is 0 Å². The lowest BCUT2D eigenvalue weighted by Crippen LogP contribution is -2.35. The molecule has 152 valence electrons. The van der Waals surface area contributed by atoms with Gasteiger partial charge in [-0.1, -0.05) is 6.07 Å². The summed E-state index contributed by atoms with van der Waals surface area (Å²) in [7, 11) is 0. The zero-order valence-corrected chi connectivity index (χ0v) is 16.6. The average molecular weight is 402 g/mol. The van der Waals surface area contributed by atoms with E-state index in [0.29, 0.717) is 53.6 Å². The summed E-state index contributed by atoms with van der Waals surface area (Å²) in [6.45, 7) is 3.45. The number of hydrogen-bond donors (Lipinski definition) is 2. The molecule has 0 fully saturated rings. The summed E-state index contributed by atoms with van der Waals surface area (Å²) in [6, 6.07) is 9.14. The normalized spacial score (nSPS) is 11.0. The first kappa shape index (κ1) is 19.5. The second-order valence-corrected chi connectivity index (χ2v) is 6.69. The maximum absolute atomic E-state index is 12.5. The van der Waals surface area contributed by atoms with Crippen LogP contribution < -0.4 is 11.5 Å². The molecule has 4 aromatic heterocycles. The van der Waals surface area contributed by atoms with Crippen LogP contribution in [-0.2, 0) is 0 Å². The van der Waals surface area contributed by atoms with Crippen molar-refractivity contribution in [3.8, 4) is 22.5 Å². The molecule has 4 N–H and O–H groups in total. The van der Waals surface area contributed by atoms with Gasteiger partial charge in [0.1, 0.15) is 0 Å². The molecule has 0 saturated carbocycles. The third-order valence-corrected chi connectivity index (χ3v) is 4.79. The number of nitrogens with zero attached hydrogens (tertiary/aromatic N) is 6. The van der Waals surface area contributed by atoms with Crippen LogP contribution in [0.2, 0.25) is 0 Å². The maximum Gasteiger partial charge on any atom is 0.255 e. The minimum atomic E-state index is -0.0876. The van der Waals surface area contributed by atoms with Crippen molar-refractivity contribution in [2.45, 2.75) is 6.92 Å². The maximum atomic E-state index is 12.5. The summed E-state index contributed by atoms with van der Waals surface area (Å²) in [4.78, 5) is 27.5. The van der Waals surface area contributed by atoms with Crippen LogP contribution in [0.25, 0.3) is 28.2 Å². The number of rotatable bonds is 6. The Morgan fingerprint density at radius 2 is 1.97 bits per heavy atom. The first-order valence-electron chi connectivity index (χ1n) is 9.63.